The largest absolute Gasteiger partial charge is 0.316 e. The summed E-state index contributed by atoms with van der Waals surface area (Å²) in [6, 6.07) is 13.5. The van der Waals surface area contributed by atoms with Crippen LogP contribution in [0.5, 0.6) is 0 Å². The Morgan fingerprint density at radius 3 is 1.61 bits per heavy atom. The molecule has 0 radical (unpaired) electrons. The smallest absolute Gasteiger partial charge is 0.253 e. The van der Waals surface area contributed by atoms with Gasteiger partial charge in [-0.05, 0) is 40.2 Å². The highest BCUT2D eigenvalue weighted by Gasteiger charge is 1.88. The normalized spacial score (nSPS) is 8.94. The number of rotatable bonds is 0. The van der Waals surface area contributed by atoms with E-state index in [2.05, 4.69) is 30.9 Å². The van der Waals surface area contributed by atoms with Crippen LogP contribution in [-0.4, -0.2) is 38.0 Å². The summed E-state index contributed by atoms with van der Waals surface area (Å²) in [7, 11) is 0. The summed E-state index contributed by atoms with van der Waals surface area (Å²) in [6.45, 7) is 0. The number of hydrogen-bond acceptors (Lipinski definition) is 3. The molecule has 0 amide bonds. The summed E-state index contributed by atoms with van der Waals surface area (Å²) in [4.78, 5) is 12.1. The van der Waals surface area contributed by atoms with Gasteiger partial charge in [0.15, 0.2) is 0 Å². The predicted molar refractivity (Wildman–Crippen MR) is 80.0 cm³/mol. The Kier molecular flexibility index (Phi) is 6.78. The monoisotopic (exact) mass is 313 g/mol. The first-order valence-corrected chi connectivity index (χ1v) is 5.88. The molecule has 5 heteroatoms. The molecule has 2 aromatic heterocycles. The van der Waals surface area contributed by atoms with Crippen molar-refractivity contribution in [3.8, 4) is 0 Å². The number of halogens is 1. The first kappa shape index (κ1) is 15.0. The van der Waals surface area contributed by atoms with Gasteiger partial charge >= 0.3 is 23.1 Å². The second-order valence-corrected chi connectivity index (χ2v) is 4.01. The highest BCUT2D eigenvalue weighted by Crippen LogP contribution is 2.04. The van der Waals surface area contributed by atoms with E-state index in [0.717, 1.165) is 15.6 Å². The second kappa shape index (κ2) is 8.13. The highest BCUT2D eigenvalue weighted by atomic mass is 79.9. The molecule has 0 N–H and O–H groups in total. The van der Waals surface area contributed by atoms with Crippen molar-refractivity contribution in [2.75, 3.05) is 0 Å². The van der Waals surface area contributed by atoms with Crippen LogP contribution in [0.15, 0.2) is 65.7 Å². The zero-order chi connectivity index (χ0) is 11.9. The molecule has 3 aromatic rings. The van der Waals surface area contributed by atoms with Crippen LogP contribution in [0.25, 0.3) is 11.0 Å². The number of para-hydroxylation sites is 2. The van der Waals surface area contributed by atoms with E-state index < -0.39 is 0 Å². The van der Waals surface area contributed by atoms with E-state index in [4.69, 9.17) is 0 Å². The van der Waals surface area contributed by atoms with Crippen molar-refractivity contribution in [3.63, 3.8) is 0 Å². The molecule has 88 valence electrons. The predicted octanol–water partition coefficient (Wildman–Crippen LogP) is 2.56. The number of nitrogens with zero attached hydrogens (tertiary/aromatic N) is 3. The Morgan fingerprint density at radius 2 is 1.22 bits per heavy atom. The molecule has 0 atom stereocenters. The number of benzene rings is 1. The van der Waals surface area contributed by atoms with Crippen LogP contribution in [0.3, 0.4) is 0 Å². The molecule has 0 spiro atoms. The summed E-state index contributed by atoms with van der Waals surface area (Å²) in [5.74, 6) is 0. The number of hydrogen-bond donors (Lipinski definition) is 0. The molecule has 3 nitrogen and oxygen atoms in total. The van der Waals surface area contributed by atoms with Gasteiger partial charge in [0.2, 0.25) is 0 Å². The number of aromatic nitrogens is 3. The van der Waals surface area contributed by atoms with E-state index in [1.54, 1.807) is 18.6 Å². The SMILES string of the molecule is Brc1ccccn1.[MgH2].c1ccc2nccnc2c1. The van der Waals surface area contributed by atoms with E-state index in [1.807, 2.05) is 42.5 Å². The molecule has 0 fully saturated rings. The molecule has 0 bridgehead atoms. The molecule has 0 saturated heterocycles. The van der Waals surface area contributed by atoms with E-state index in [1.165, 1.54) is 0 Å². The quantitative estimate of drug-likeness (QED) is 0.473. The lowest BCUT2D eigenvalue weighted by molar-refractivity contribution is 1.28. The summed E-state index contributed by atoms with van der Waals surface area (Å²) < 4.78 is 0.884. The molecule has 0 unspecified atom stereocenters. The summed E-state index contributed by atoms with van der Waals surface area (Å²) in [5, 5.41) is 0. The minimum absolute atomic E-state index is 0. The maximum absolute atomic E-state index is 4.12. The Labute approximate surface area is 130 Å². The van der Waals surface area contributed by atoms with Crippen molar-refractivity contribution >= 4 is 50.0 Å². The molecule has 18 heavy (non-hydrogen) atoms. The van der Waals surface area contributed by atoms with Crippen LogP contribution in [0, 0.1) is 0 Å². The first-order chi connectivity index (χ1) is 8.36. The maximum atomic E-state index is 4.12. The van der Waals surface area contributed by atoms with Crippen LogP contribution in [0.4, 0.5) is 0 Å². The second-order valence-electron chi connectivity index (χ2n) is 3.20. The molecule has 0 aliphatic carbocycles. The van der Waals surface area contributed by atoms with Gasteiger partial charge in [0.1, 0.15) is 4.60 Å². The van der Waals surface area contributed by atoms with Crippen LogP contribution in [-0.2, 0) is 0 Å². The zero-order valence-electron chi connectivity index (χ0n) is 8.99. The molecular formula is C13H12BrMgN3. The third kappa shape index (κ3) is 4.68. The van der Waals surface area contributed by atoms with Crippen LogP contribution in [0.2, 0.25) is 0 Å². The lowest BCUT2D eigenvalue weighted by Crippen LogP contribution is -1.78. The minimum Gasteiger partial charge on any atom is -0.253 e. The van der Waals surface area contributed by atoms with E-state index in [0.29, 0.717) is 0 Å². The summed E-state index contributed by atoms with van der Waals surface area (Å²) in [6.07, 6.45) is 5.13. The standard InChI is InChI=1S/C8H6N2.C5H4BrN.Mg.2H/c1-2-4-8-7(3-1)9-5-6-10-8;6-5-3-1-2-4-7-5;;;/h1-6H;1-4H;;;. The Bertz CT molecular complexity index is 524. The fourth-order valence-corrected chi connectivity index (χ4v) is 1.52. The molecule has 1 aromatic carbocycles. The van der Waals surface area contributed by atoms with Crippen LogP contribution >= 0.6 is 15.9 Å². The fraction of sp³-hybridized carbons (Fsp3) is 0. The summed E-state index contributed by atoms with van der Waals surface area (Å²) >= 11 is 3.20. The van der Waals surface area contributed by atoms with Crippen molar-refractivity contribution in [1.29, 1.82) is 0 Å². The highest BCUT2D eigenvalue weighted by molar-refractivity contribution is 9.10. The lowest BCUT2D eigenvalue weighted by atomic mass is 10.3. The van der Waals surface area contributed by atoms with Gasteiger partial charge in [-0.2, -0.15) is 0 Å². The third-order valence-electron chi connectivity index (χ3n) is 2.00. The zero-order valence-corrected chi connectivity index (χ0v) is 10.6. The molecule has 3 rings (SSSR count). The summed E-state index contributed by atoms with van der Waals surface area (Å²) in [5.41, 5.74) is 1.90. The van der Waals surface area contributed by atoms with Crippen molar-refractivity contribution in [3.05, 3.63) is 65.7 Å². The van der Waals surface area contributed by atoms with Gasteiger partial charge in [-0.3, -0.25) is 9.97 Å². The first-order valence-electron chi connectivity index (χ1n) is 5.08. The van der Waals surface area contributed by atoms with Gasteiger partial charge in [-0.15, -0.1) is 0 Å². The van der Waals surface area contributed by atoms with Gasteiger partial charge in [0.05, 0.1) is 11.0 Å². The van der Waals surface area contributed by atoms with Gasteiger partial charge in [0.25, 0.3) is 0 Å². The van der Waals surface area contributed by atoms with Crippen molar-refractivity contribution in [1.82, 2.24) is 15.0 Å². The van der Waals surface area contributed by atoms with Crippen molar-refractivity contribution < 1.29 is 0 Å². The van der Waals surface area contributed by atoms with Crippen molar-refractivity contribution in [2.24, 2.45) is 0 Å². The van der Waals surface area contributed by atoms with Crippen LogP contribution < -0.4 is 0 Å². The lowest BCUT2D eigenvalue weighted by Gasteiger charge is -1.90. The minimum atomic E-state index is 0. The van der Waals surface area contributed by atoms with E-state index in [-0.39, 0.29) is 23.1 Å². The third-order valence-corrected chi connectivity index (χ3v) is 2.47. The number of fused-ring (bicyclic) bond motifs is 1. The Balaban J connectivity index is 0.000000181. The Morgan fingerprint density at radius 1 is 0.667 bits per heavy atom. The van der Waals surface area contributed by atoms with E-state index in [9.17, 15) is 0 Å². The van der Waals surface area contributed by atoms with E-state index >= 15 is 0 Å². The van der Waals surface area contributed by atoms with Crippen LogP contribution in [0.1, 0.15) is 0 Å². The molecule has 2 heterocycles. The van der Waals surface area contributed by atoms with Gasteiger partial charge in [-0.25, -0.2) is 4.98 Å². The average Bonchev–Trinajstić information content (AvgIpc) is 2.41. The molecular weight excluding hydrogens is 302 g/mol. The molecule has 0 saturated carbocycles. The van der Waals surface area contributed by atoms with Gasteiger partial charge in [0, 0.05) is 18.6 Å². The average molecular weight is 314 g/mol. The molecule has 0 aliphatic heterocycles. The molecule has 0 aliphatic rings. The Hall–Kier alpha value is -1.04. The number of pyridine rings is 1. The maximum Gasteiger partial charge on any atom is 0.316 e. The fourth-order valence-electron chi connectivity index (χ4n) is 1.25. The topological polar surface area (TPSA) is 38.7 Å². The van der Waals surface area contributed by atoms with Gasteiger partial charge in [-0.1, -0.05) is 18.2 Å². The van der Waals surface area contributed by atoms with Crippen molar-refractivity contribution in [2.45, 2.75) is 0 Å². The van der Waals surface area contributed by atoms with Gasteiger partial charge < -0.3 is 0 Å².